The lowest BCUT2D eigenvalue weighted by atomic mass is 10.2. The average molecular weight is 453 g/mol. The Balaban J connectivity index is 1.39. The summed E-state index contributed by atoms with van der Waals surface area (Å²) in [5.74, 6) is 0.145. The van der Waals surface area contributed by atoms with Gasteiger partial charge in [-0.25, -0.2) is 12.8 Å². The van der Waals surface area contributed by atoms with E-state index in [-0.39, 0.29) is 43.8 Å². The summed E-state index contributed by atoms with van der Waals surface area (Å²) in [5.41, 5.74) is 0.685. The number of hydrogen-bond donors (Lipinski definition) is 0. The van der Waals surface area contributed by atoms with E-state index in [1.54, 1.807) is 23.1 Å². The maximum atomic E-state index is 13.4. The molecule has 0 spiro atoms. The molecule has 2 aromatic rings. The molecule has 0 aliphatic carbocycles. The molecule has 2 aliphatic heterocycles. The predicted molar refractivity (Wildman–Crippen MR) is 108 cm³/mol. The Morgan fingerprint density at radius 1 is 1.10 bits per heavy atom. The number of ether oxygens (including phenoxy) is 2. The Kier molecular flexibility index (Phi) is 5.68. The van der Waals surface area contributed by atoms with E-state index >= 15 is 0 Å². The lowest BCUT2D eigenvalue weighted by Crippen LogP contribution is -2.50. The largest absolute Gasteiger partial charge is 0.454 e. The number of fused-ring (bicyclic) bond motifs is 1. The molecule has 158 valence electrons. The summed E-state index contributed by atoms with van der Waals surface area (Å²) in [6, 6.07) is 8.29. The van der Waals surface area contributed by atoms with E-state index < -0.39 is 15.8 Å². The molecule has 2 aliphatic rings. The molecule has 10 heteroatoms. The molecule has 2 heterocycles. The van der Waals surface area contributed by atoms with Gasteiger partial charge in [0, 0.05) is 32.3 Å². The highest BCUT2D eigenvalue weighted by Gasteiger charge is 2.29. The van der Waals surface area contributed by atoms with Gasteiger partial charge in [0.1, 0.15) is 5.82 Å². The highest BCUT2D eigenvalue weighted by molar-refractivity contribution is 7.89. The molecule has 0 N–H and O–H groups in total. The lowest BCUT2D eigenvalue weighted by Gasteiger charge is -2.33. The van der Waals surface area contributed by atoms with Gasteiger partial charge in [0.15, 0.2) is 11.5 Å². The second-order valence-electron chi connectivity index (χ2n) is 6.76. The van der Waals surface area contributed by atoms with Crippen LogP contribution in [0.25, 0.3) is 6.08 Å². The standard InChI is InChI=1S/C20H18ClFN2O5S/c21-17-10-14(11-18-20(17)29-13-28-18)4-5-19(25)23-6-8-24(9-7-23)30(26,27)16-3-1-2-15(22)12-16/h1-5,10-12H,6-9,13H2/b5-4+. The molecule has 1 fully saturated rings. The number of carbonyl (C=O) groups excluding carboxylic acids is 1. The Hall–Kier alpha value is -2.62. The van der Waals surface area contributed by atoms with Crippen molar-refractivity contribution < 1.29 is 27.1 Å². The summed E-state index contributed by atoms with van der Waals surface area (Å²) < 4.78 is 50.5. The first-order valence-corrected chi connectivity index (χ1v) is 11.0. The zero-order valence-corrected chi connectivity index (χ0v) is 17.3. The van der Waals surface area contributed by atoms with Crippen molar-refractivity contribution >= 4 is 33.6 Å². The van der Waals surface area contributed by atoms with Crippen molar-refractivity contribution in [3.8, 4) is 11.5 Å². The smallest absolute Gasteiger partial charge is 0.246 e. The summed E-state index contributed by atoms with van der Waals surface area (Å²) in [6.07, 6.45) is 3.02. The van der Waals surface area contributed by atoms with E-state index in [1.165, 1.54) is 28.6 Å². The van der Waals surface area contributed by atoms with Crippen LogP contribution in [0, 0.1) is 5.82 Å². The van der Waals surface area contributed by atoms with Gasteiger partial charge in [0.25, 0.3) is 0 Å². The number of piperazine rings is 1. The van der Waals surface area contributed by atoms with Crippen molar-refractivity contribution in [2.75, 3.05) is 33.0 Å². The van der Waals surface area contributed by atoms with E-state index in [2.05, 4.69) is 0 Å². The van der Waals surface area contributed by atoms with Crippen LogP contribution in [-0.4, -0.2) is 56.5 Å². The molecule has 1 amide bonds. The zero-order chi connectivity index (χ0) is 21.3. The van der Waals surface area contributed by atoms with Crippen LogP contribution in [0.1, 0.15) is 5.56 Å². The molecule has 30 heavy (non-hydrogen) atoms. The Labute approximate surface area is 178 Å². The second kappa shape index (κ2) is 8.25. The fourth-order valence-electron chi connectivity index (χ4n) is 3.28. The highest BCUT2D eigenvalue weighted by Crippen LogP contribution is 2.40. The van der Waals surface area contributed by atoms with E-state index in [4.69, 9.17) is 21.1 Å². The molecule has 0 atom stereocenters. The molecular formula is C20H18ClFN2O5S. The summed E-state index contributed by atoms with van der Waals surface area (Å²) in [5, 5.41) is 0.397. The summed E-state index contributed by atoms with van der Waals surface area (Å²) in [7, 11) is -3.80. The molecule has 0 aromatic heterocycles. The number of nitrogens with zero attached hydrogens (tertiary/aromatic N) is 2. The maximum Gasteiger partial charge on any atom is 0.246 e. The van der Waals surface area contributed by atoms with Crippen molar-refractivity contribution in [3.63, 3.8) is 0 Å². The Morgan fingerprint density at radius 2 is 1.87 bits per heavy atom. The number of carbonyl (C=O) groups is 1. The van der Waals surface area contributed by atoms with Crippen molar-refractivity contribution in [1.82, 2.24) is 9.21 Å². The average Bonchev–Trinajstić information content (AvgIpc) is 3.21. The molecule has 7 nitrogen and oxygen atoms in total. The summed E-state index contributed by atoms with van der Waals surface area (Å²) >= 11 is 6.14. The highest BCUT2D eigenvalue weighted by atomic mass is 35.5. The van der Waals surface area contributed by atoms with Crippen LogP contribution in [0.5, 0.6) is 11.5 Å². The minimum absolute atomic E-state index is 0.0955. The van der Waals surface area contributed by atoms with Crippen LogP contribution < -0.4 is 9.47 Å². The summed E-state index contributed by atoms with van der Waals surface area (Å²) in [6.45, 7) is 0.839. The zero-order valence-electron chi connectivity index (χ0n) is 15.8. The van der Waals surface area contributed by atoms with Gasteiger partial charge >= 0.3 is 0 Å². The maximum absolute atomic E-state index is 13.4. The number of amides is 1. The monoisotopic (exact) mass is 452 g/mol. The van der Waals surface area contributed by atoms with Gasteiger partial charge < -0.3 is 14.4 Å². The molecule has 0 saturated carbocycles. The van der Waals surface area contributed by atoms with Gasteiger partial charge in [0.05, 0.1) is 9.92 Å². The van der Waals surface area contributed by atoms with Crippen LogP contribution in [0.15, 0.2) is 47.4 Å². The molecule has 0 unspecified atom stereocenters. The van der Waals surface area contributed by atoms with Crippen molar-refractivity contribution in [2.45, 2.75) is 4.90 Å². The van der Waals surface area contributed by atoms with Crippen LogP contribution in [0.4, 0.5) is 4.39 Å². The van der Waals surface area contributed by atoms with Gasteiger partial charge in [0.2, 0.25) is 22.7 Å². The number of benzene rings is 2. The quantitative estimate of drug-likeness (QED) is 0.667. The van der Waals surface area contributed by atoms with Gasteiger partial charge in [-0.3, -0.25) is 4.79 Å². The lowest BCUT2D eigenvalue weighted by molar-refractivity contribution is -0.127. The number of sulfonamides is 1. The minimum atomic E-state index is -3.80. The third-order valence-corrected chi connectivity index (χ3v) is 7.03. The van der Waals surface area contributed by atoms with Crippen molar-refractivity contribution in [3.05, 3.63) is 58.9 Å². The van der Waals surface area contributed by atoms with Crippen LogP contribution in [0.2, 0.25) is 5.02 Å². The van der Waals surface area contributed by atoms with Gasteiger partial charge in [-0.1, -0.05) is 17.7 Å². The summed E-state index contributed by atoms with van der Waals surface area (Å²) in [4.78, 5) is 14.0. The third kappa shape index (κ3) is 4.14. The minimum Gasteiger partial charge on any atom is -0.454 e. The molecule has 4 rings (SSSR count). The third-order valence-electron chi connectivity index (χ3n) is 4.85. The van der Waals surface area contributed by atoms with Gasteiger partial charge in [-0.05, 0) is 42.0 Å². The molecule has 0 radical (unpaired) electrons. The van der Waals surface area contributed by atoms with Crippen molar-refractivity contribution in [2.24, 2.45) is 0 Å². The number of rotatable bonds is 4. The predicted octanol–water partition coefficient (Wildman–Crippen LogP) is 2.75. The van der Waals surface area contributed by atoms with Crippen LogP contribution >= 0.6 is 11.6 Å². The first-order valence-electron chi connectivity index (χ1n) is 9.16. The van der Waals surface area contributed by atoms with E-state index in [9.17, 15) is 17.6 Å². The fourth-order valence-corrected chi connectivity index (χ4v) is 5.01. The normalized spacial score (nSPS) is 16.9. The van der Waals surface area contributed by atoms with Crippen LogP contribution in [-0.2, 0) is 14.8 Å². The first kappa shape index (κ1) is 20.6. The Bertz CT molecular complexity index is 1110. The van der Waals surface area contributed by atoms with Gasteiger partial charge in [-0.2, -0.15) is 4.31 Å². The molecule has 2 aromatic carbocycles. The van der Waals surface area contributed by atoms with Gasteiger partial charge in [-0.15, -0.1) is 0 Å². The first-order chi connectivity index (χ1) is 14.3. The number of halogens is 2. The fraction of sp³-hybridized carbons (Fsp3) is 0.250. The van der Waals surface area contributed by atoms with Crippen molar-refractivity contribution in [1.29, 1.82) is 0 Å². The van der Waals surface area contributed by atoms with E-state index in [0.29, 0.717) is 22.1 Å². The SMILES string of the molecule is O=C(/C=C/c1cc(Cl)c2c(c1)OCO2)N1CCN(S(=O)(=O)c2cccc(F)c2)CC1. The topological polar surface area (TPSA) is 76.2 Å². The van der Waals surface area contributed by atoms with E-state index in [1.807, 2.05) is 0 Å². The van der Waals surface area contributed by atoms with Crippen LogP contribution in [0.3, 0.4) is 0 Å². The second-order valence-corrected chi connectivity index (χ2v) is 9.10. The molecule has 0 bridgehead atoms. The van der Waals surface area contributed by atoms with E-state index in [0.717, 1.165) is 6.07 Å². The number of hydrogen-bond acceptors (Lipinski definition) is 5. The molecule has 1 saturated heterocycles. The molecular weight excluding hydrogens is 435 g/mol. The Morgan fingerprint density at radius 3 is 2.60 bits per heavy atom.